The van der Waals surface area contributed by atoms with E-state index >= 15 is 0 Å². The van der Waals surface area contributed by atoms with Crippen LogP contribution < -0.4 is 0 Å². The number of hydrogen-bond acceptors (Lipinski definition) is 6. The van der Waals surface area contributed by atoms with Gasteiger partial charge in [0.15, 0.2) is 0 Å². The van der Waals surface area contributed by atoms with Crippen molar-refractivity contribution in [2.45, 2.75) is 40.5 Å². The summed E-state index contributed by atoms with van der Waals surface area (Å²) in [6, 6.07) is 13.6. The maximum Gasteiger partial charge on any atom is 0.350 e. The summed E-state index contributed by atoms with van der Waals surface area (Å²) >= 11 is 0. The molecule has 0 aromatic heterocycles. The normalized spacial score (nSPS) is 12.7. The van der Waals surface area contributed by atoms with E-state index in [1.807, 2.05) is 27.7 Å². The number of carboxylic acid groups (broad SMARTS) is 2. The lowest BCUT2D eigenvalue weighted by Gasteiger charge is -2.05. The van der Waals surface area contributed by atoms with E-state index in [9.17, 15) is 19.8 Å². The summed E-state index contributed by atoms with van der Waals surface area (Å²) in [5, 5.41) is 26.9. The van der Waals surface area contributed by atoms with E-state index in [-0.39, 0.29) is 23.3 Å². The number of aliphatic carboxylic acids is 2. The van der Waals surface area contributed by atoms with Crippen molar-refractivity contribution in [3.05, 3.63) is 48.5 Å². The third kappa shape index (κ3) is 8.22. The van der Waals surface area contributed by atoms with Gasteiger partial charge in [0, 0.05) is 0 Å². The van der Waals surface area contributed by atoms with Crippen LogP contribution in [0, 0.1) is 11.8 Å². The fourth-order valence-electron chi connectivity index (χ4n) is 2.75. The first kappa shape index (κ1) is 24.6. The largest absolute Gasteiger partial charge is 0.477 e. The molecule has 0 atom stereocenters. The number of carboxylic acids is 2. The minimum absolute atomic E-state index is 0.122. The lowest BCUT2D eigenvalue weighted by molar-refractivity contribution is -0.130. The summed E-state index contributed by atoms with van der Waals surface area (Å²) in [4.78, 5) is 31.1. The number of carbonyl (C=O) groups is 2. The van der Waals surface area contributed by atoms with Crippen molar-refractivity contribution in [1.29, 1.82) is 0 Å². The lowest BCUT2D eigenvalue weighted by atomic mass is 10.1. The molecule has 2 rings (SSSR count). The second kappa shape index (κ2) is 11.6. The summed E-state index contributed by atoms with van der Waals surface area (Å²) in [5.74, 6) is -1.65. The zero-order chi connectivity index (χ0) is 23.7. The van der Waals surface area contributed by atoms with Gasteiger partial charge in [-0.1, -0.05) is 27.7 Å². The van der Waals surface area contributed by atoms with E-state index in [0.717, 1.165) is 0 Å². The Kier molecular flexibility index (Phi) is 8.95. The Morgan fingerprint density at radius 1 is 0.625 bits per heavy atom. The van der Waals surface area contributed by atoms with Crippen LogP contribution in [-0.2, 0) is 9.59 Å². The van der Waals surface area contributed by atoms with Crippen molar-refractivity contribution < 1.29 is 19.8 Å². The maximum atomic E-state index is 11.3. The second-order valence-electron chi connectivity index (χ2n) is 8.16. The third-order valence-corrected chi connectivity index (χ3v) is 4.21. The van der Waals surface area contributed by atoms with Gasteiger partial charge in [0.1, 0.15) is 11.4 Å². The van der Waals surface area contributed by atoms with Gasteiger partial charge in [0.2, 0.25) is 0 Å². The van der Waals surface area contributed by atoms with E-state index in [1.165, 1.54) is 0 Å². The predicted octanol–water partition coefficient (Wildman–Crippen LogP) is 6.51. The van der Waals surface area contributed by atoms with Crippen LogP contribution in [-0.4, -0.2) is 33.6 Å². The molecule has 0 heterocycles. The molecule has 0 unspecified atom stereocenters. The molecule has 0 saturated heterocycles. The first-order valence-electron chi connectivity index (χ1n) is 10.4. The molecule has 168 valence electrons. The number of aliphatic imine (C=N–C) groups is 2. The molecule has 0 aliphatic carbocycles. The summed E-state index contributed by atoms with van der Waals surface area (Å²) in [6.07, 6.45) is 0.782. The van der Waals surface area contributed by atoms with E-state index < -0.39 is 11.9 Å². The van der Waals surface area contributed by atoms with Gasteiger partial charge < -0.3 is 10.2 Å². The van der Waals surface area contributed by atoms with Gasteiger partial charge in [-0.2, -0.15) is 10.2 Å². The van der Waals surface area contributed by atoms with Crippen LogP contribution >= 0.6 is 0 Å². The highest BCUT2D eigenvalue weighted by Crippen LogP contribution is 2.24. The smallest absolute Gasteiger partial charge is 0.350 e. The minimum Gasteiger partial charge on any atom is -0.477 e. The Labute approximate surface area is 187 Å². The predicted molar refractivity (Wildman–Crippen MR) is 125 cm³/mol. The van der Waals surface area contributed by atoms with Gasteiger partial charge in [0.05, 0.1) is 22.7 Å². The number of rotatable bonds is 10. The molecule has 8 heteroatoms. The number of nitrogens with zero attached hydrogens (tertiary/aromatic N) is 4. The Morgan fingerprint density at radius 3 is 1.16 bits per heavy atom. The van der Waals surface area contributed by atoms with Crippen molar-refractivity contribution in [2.24, 2.45) is 32.0 Å². The fraction of sp³-hybridized carbons (Fsp3) is 0.333. The number of hydrogen-bond donors (Lipinski definition) is 2. The SMILES string of the molecule is CC(C)CC(=Nc1ccc(N=Nc2ccc(N=C(CC(C)C)C(=O)O)cc2)cc1)C(=O)O. The average Bonchev–Trinajstić information content (AvgIpc) is 2.72. The van der Waals surface area contributed by atoms with Crippen molar-refractivity contribution >= 4 is 46.1 Å². The van der Waals surface area contributed by atoms with Crippen molar-refractivity contribution in [2.75, 3.05) is 0 Å². The molecule has 0 spiro atoms. The second-order valence-corrected chi connectivity index (χ2v) is 8.16. The van der Waals surface area contributed by atoms with Gasteiger partial charge in [0.25, 0.3) is 0 Å². The molecule has 2 aromatic rings. The summed E-state index contributed by atoms with van der Waals surface area (Å²) in [5.41, 5.74) is 2.52. The summed E-state index contributed by atoms with van der Waals surface area (Å²) < 4.78 is 0. The topological polar surface area (TPSA) is 124 Å². The molecule has 2 N–H and O–H groups in total. The standard InChI is InChI=1S/C24H28N4O4/c1-15(2)13-21(23(29)30)25-17-5-9-19(10-6-17)27-28-20-11-7-18(8-12-20)26-22(24(31)32)14-16(3)4/h5-12,15-16H,13-14H2,1-4H3,(H,29,30)(H,31,32). The quantitative estimate of drug-likeness (QED) is 0.325. The van der Waals surface area contributed by atoms with Crippen LogP contribution in [0.3, 0.4) is 0 Å². The van der Waals surface area contributed by atoms with Crippen LogP contribution in [0.4, 0.5) is 22.7 Å². The highest BCUT2D eigenvalue weighted by atomic mass is 16.4. The maximum absolute atomic E-state index is 11.3. The Balaban J connectivity index is 2.10. The zero-order valence-corrected chi connectivity index (χ0v) is 18.7. The summed E-state index contributed by atoms with van der Waals surface area (Å²) in [6.45, 7) is 7.77. The first-order chi connectivity index (χ1) is 15.1. The van der Waals surface area contributed by atoms with E-state index in [1.54, 1.807) is 48.5 Å². The zero-order valence-electron chi connectivity index (χ0n) is 18.7. The van der Waals surface area contributed by atoms with Crippen LogP contribution in [0.2, 0.25) is 0 Å². The molecule has 0 amide bonds. The van der Waals surface area contributed by atoms with Crippen LogP contribution in [0.15, 0.2) is 68.7 Å². The van der Waals surface area contributed by atoms with Crippen LogP contribution in [0.1, 0.15) is 40.5 Å². The highest BCUT2D eigenvalue weighted by molar-refractivity contribution is 6.36. The molecule has 2 aromatic carbocycles. The monoisotopic (exact) mass is 436 g/mol. The van der Waals surface area contributed by atoms with Crippen molar-refractivity contribution in [1.82, 2.24) is 0 Å². The highest BCUT2D eigenvalue weighted by Gasteiger charge is 2.12. The molecule has 0 saturated carbocycles. The fourth-order valence-corrected chi connectivity index (χ4v) is 2.75. The van der Waals surface area contributed by atoms with Gasteiger partial charge in [-0.05, 0) is 73.2 Å². The molecule has 0 bridgehead atoms. The molecule has 0 radical (unpaired) electrons. The van der Waals surface area contributed by atoms with Gasteiger partial charge in [-0.25, -0.2) is 19.6 Å². The summed E-state index contributed by atoms with van der Waals surface area (Å²) in [7, 11) is 0. The van der Waals surface area contributed by atoms with Gasteiger partial charge in [-0.3, -0.25) is 0 Å². The van der Waals surface area contributed by atoms with E-state index in [0.29, 0.717) is 35.6 Å². The van der Waals surface area contributed by atoms with Gasteiger partial charge >= 0.3 is 11.9 Å². The first-order valence-corrected chi connectivity index (χ1v) is 10.4. The van der Waals surface area contributed by atoms with Crippen LogP contribution in [0.5, 0.6) is 0 Å². The Morgan fingerprint density at radius 2 is 0.906 bits per heavy atom. The Hall–Kier alpha value is -3.68. The molecule has 0 fully saturated rings. The average molecular weight is 437 g/mol. The molecule has 32 heavy (non-hydrogen) atoms. The molecule has 0 aliphatic rings. The number of azo groups is 1. The molecule has 8 nitrogen and oxygen atoms in total. The van der Waals surface area contributed by atoms with Crippen LogP contribution in [0.25, 0.3) is 0 Å². The lowest BCUT2D eigenvalue weighted by Crippen LogP contribution is -2.15. The Bertz CT molecular complexity index is 937. The molecular formula is C24H28N4O4. The van der Waals surface area contributed by atoms with E-state index in [2.05, 4.69) is 20.2 Å². The van der Waals surface area contributed by atoms with Gasteiger partial charge in [-0.15, -0.1) is 0 Å². The number of benzene rings is 2. The van der Waals surface area contributed by atoms with E-state index in [4.69, 9.17) is 0 Å². The van der Waals surface area contributed by atoms with Crippen molar-refractivity contribution in [3.8, 4) is 0 Å². The molecule has 0 aliphatic heterocycles. The third-order valence-electron chi connectivity index (χ3n) is 4.21. The minimum atomic E-state index is -1.02. The van der Waals surface area contributed by atoms with Crippen molar-refractivity contribution in [3.63, 3.8) is 0 Å². The molecular weight excluding hydrogens is 408 g/mol.